The van der Waals surface area contributed by atoms with E-state index in [9.17, 15) is 13.2 Å². The first-order valence-electron chi connectivity index (χ1n) is 8.09. The number of nitrogens with zero attached hydrogens (tertiary/aromatic N) is 2. The SMILES string of the molecule is CCNC(=NCc1ccnc(OC)c1)NCc1ccc(C(F)(F)F)cc1. The molecule has 1 heterocycles. The molecule has 2 N–H and O–H groups in total. The standard InChI is InChI=1S/C18H21F3N4O/c1-3-22-17(25-12-14-8-9-23-16(10-14)26-2)24-11-13-4-6-15(7-5-13)18(19,20)21/h4-10H,3,11-12H2,1-2H3,(H2,22,24,25). The van der Waals surface area contributed by atoms with Crippen molar-refractivity contribution in [1.82, 2.24) is 15.6 Å². The molecule has 0 atom stereocenters. The molecule has 2 aromatic rings. The van der Waals surface area contributed by atoms with Gasteiger partial charge in [-0.1, -0.05) is 12.1 Å². The lowest BCUT2D eigenvalue weighted by molar-refractivity contribution is -0.137. The summed E-state index contributed by atoms with van der Waals surface area (Å²) in [5.41, 5.74) is 1.01. The van der Waals surface area contributed by atoms with Crippen molar-refractivity contribution in [3.05, 3.63) is 59.3 Å². The van der Waals surface area contributed by atoms with Gasteiger partial charge in [-0.3, -0.25) is 0 Å². The number of guanidine groups is 1. The number of alkyl halides is 3. The molecule has 0 amide bonds. The average Bonchev–Trinajstić information content (AvgIpc) is 2.64. The first-order chi connectivity index (χ1) is 12.4. The maximum Gasteiger partial charge on any atom is 0.416 e. The smallest absolute Gasteiger partial charge is 0.416 e. The molecule has 0 aliphatic rings. The van der Waals surface area contributed by atoms with Crippen LogP contribution in [-0.2, 0) is 19.3 Å². The number of ether oxygens (including phenoxy) is 1. The largest absolute Gasteiger partial charge is 0.481 e. The number of nitrogens with one attached hydrogen (secondary N) is 2. The molecule has 0 saturated heterocycles. The zero-order chi connectivity index (χ0) is 19.0. The summed E-state index contributed by atoms with van der Waals surface area (Å²) in [6.07, 6.45) is -2.68. The van der Waals surface area contributed by atoms with E-state index in [0.29, 0.717) is 31.5 Å². The normalized spacial score (nSPS) is 12.0. The van der Waals surface area contributed by atoms with Crippen LogP contribution in [0.5, 0.6) is 5.88 Å². The topological polar surface area (TPSA) is 58.5 Å². The lowest BCUT2D eigenvalue weighted by Gasteiger charge is -2.12. The van der Waals surface area contributed by atoms with E-state index in [1.54, 1.807) is 19.4 Å². The minimum Gasteiger partial charge on any atom is -0.481 e. The second kappa shape index (κ2) is 9.07. The summed E-state index contributed by atoms with van der Waals surface area (Å²) in [6, 6.07) is 8.68. The third-order valence-electron chi connectivity index (χ3n) is 3.51. The maximum absolute atomic E-state index is 12.6. The fourth-order valence-electron chi connectivity index (χ4n) is 2.17. The highest BCUT2D eigenvalue weighted by atomic mass is 19.4. The van der Waals surface area contributed by atoms with Crippen LogP contribution in [0, 0.1) is 0 Å². The quantitative estimate of drug-likeness (QED) is 0.608. The van der Waals surface area contributed by atoms with E-state index in [1.165, 1.54) is 12.1 Å². The zero-order valence-corrected chi connectivity index (χ0v) is 14.6. The van der Waals surface area contributed by atoms with Crippen LogP contribution in [0.1, 0.15) is 23.6 Å². The van der Waals surface area contributed by atoms with Gasteiger partial charge in [0, 0.05) is 25.4 Å². The van der Waals surface area contributed by atoms with Gasteiger partial charge in [-0.25, -0.2) is 9.98 Å². The minimum atomic E-state index is -4.33. The molecule has 0 unspecified atom stereocenters. The van der Waals surface area contributed by atoms with E-state index in [1.807, 2.05) is 13.0 Å². The number of methoxy groups -OCH3 is 1. The predicted octanol–water partition coefficient (Wildman–Crippen LogP) is 3.36. The molecule has 0 saturated carbocycles. The van der Waals surface area contributed by atoms with Crippen LogP contribution in [0.3, 0.4) is 0 Å². The van der Waals surface area contributed by atoms with Gasteiger partial charge in [-0.2, -0.15) is 13.2 Å². The van der Waals surface area contributed by atoms with Crippen molar-refractivity contribution in [2.45, 2.75) is 26.2 Å². The molecule has 8 heteroatoms. The van der Waals surface area contributed by atoms with E-state index in [2.05, 4.69) is 20.6 Å². The van der Waals surface area contributed by atoms with Gasteiger partial charge in [0.2, 0.25) is 5.88 Å². The number of hydrogen-bond acceptors (Lipinski definition) is 3. The Kier molecular flexibility index (Phi) is 6.82. The van der Waals surface area contributed by atoms with Crippen LogP contribution in [0.4, 0.5) is 13.2 Å². The molecular weight excluding hydrogens is 345 g/mol. The van der Waals surface area contributed by atoms with Gasteiger partial charge in [0.1, 0.15) is 0 Å². The van der Waals surface area contributed by atoms with Gasteiger partial charge in [-0.05, 0) is 36.2 Å². The number of pyridine rings is 1. The van der Waals surface area contributed by atoms with Crippen molar-refractivity contribution in [1.29, 1.82) is 0 Å². The first kappa shape index (κ1) is 19.6. The van der Waals surface area contributed by atoms with E-state index in [4.69, 9.17) is 4.74 Å². The molecule has 0 aliphatic carbocycles. The molecule has 0 aliphatic heterocycles. The van der Waals surface area contributed by atoms with Gasteiger partial charge < -0.3 is 15.4 Å². The molecule has 1 aromatic heterocycles. The molecule has 0 fully saturated rings. The van der Waals surface area contributed by atoms with E-state index >= 15 is 0 Å². The summed E-state index contributed by atoms with van der Waals surface area (Å²) in [6.45, 7) is 3.38. The summed E-state index contributed by atoms with van der Waals surface area (Å²) >= 11 is 0. The average molecular weight is 366 g/mol. The monoisotopic (exact) mass is 366 g/mol. The fraction of sp³-hybridized carbons (Fsp3) is 0.333. The third-order valence-corrected chi connectivity index (χ3v) is 3.51. The molecule has 26 heavy (non-hydrogen) atoms. The van der Waals surface area contributed by atoms with Crippen LogP contribution < -0.4 is 15.4 Å². The van der Waals surface area contributed by atoms with Crippen molar-refractivity contribution in [2.75, 3.05) is 13.7 Å². The molecule has 140 valence electrons. The Morgan fingerprint density at radius 3 is 2.46 bits per heavy atom. The Balaban J connectivity index is 1.98. The highest BCUT2D eigenvalue weighted by molar-refractivity contribution is 5.79. The summed E-state index contributed by atoms with van der Waals surface area (Å²) in [5, 5.41) is 6.20. The Morgan fingerprint density at radius 2 is 1.85 bits per heavy atom. The highest BCUT2D eigenvalue weighted by Gasteiger charge is 2.29. The van der Waals surface area contributed by atoms with Gasteiger partial charge >= 0.3 is 6.18 Å². The Morgan fingerprint density at radius 1 is 1.12 bits per heavy atom. The van der Waals surface area contributed by atoms with Crippen LogP contribution in [0.25, 0.3) is 0 Å². The van der Waals surface area contributed by atoms with Crippen molar-refractivity contribution in [2.24, 2.45) is 4.99 Å². The lowest BCUT2D eigenvalue weighted by Crippen LogP contribution is -2.36. The highest BCUT2D eigenvalue weighted by Crippen LogP contribution is 2.29. The van der Waals surface area contributed by atoms with Crippen molar-refractivity contribution in [3.63, 3.8) is 0 Å². The zero-order valence-electron chi connectivity index (χ0n) is 14.6. The van der Waals surface area contributed by atoms with E-state index in [0.717, 1.165) is 23.3 Å². The van der Waals surface area contributed by atoms with Crippen molar-refractivity contribution >= 4 is 5.96 Å². The summed E-state index contributed by atoms with van der Waals surface area (Å²) in [7, 11) is 1.55. The predicted molar refractivity (Wildman–Crippen MR) is 93.9 cm³/mol. The van der Waals surface area contributed by atoms with Gasteiger partial charge in [-0.15, -0.1) is 0 Å². The van der Waals surface area contributed by atoms with Crippen molar-refractivity contribution in [3.8, 4) is 5.88 Å². The third kappa shape index (κ3) is 5.94. The van der Waals surface area contributed by atoms with E-state index in [-0.39, 0.29) is 0 Å². The van der Waals surface area contributed by atoms with Crippen LogP contribution in [0.15, 0.2) is 47.6 Å². The summed E-state index contributed by atoms with van der Waals surface area (Å²) in [4.78, 5) is 8.50. The van der Waals surface area contributed by atoms with Crippen molar-refractivity contribution < 1.29 is 17.9 Å². The Labute approximate surface area is 150 Å². The first-order valence-corrected chi connectivity index (χ1v) is 8.09. The number of benzene rings is 1. The number of aliphatic imine (C=N–C) groups is 1. The molecular formula is C18H21F3N4O. The summed E-state index contributed by atoms with van der Waals surface area (Å²) in [5.74, 6) is 1.09. The number of aromatic nitrogens is 1. The Bertz CT molecular complexity index is 730. The number of hydrogen-bond donors (Lipinski definition) is 2. The van der Waals surface area contributed by atoms with Gasteiger partial charge in [0.15, 0.2) is 5.96 Å². The minimum absolute atomic E-state index is 0.365. The van der Waals surface area contributed by atoms with Crippen LogP contribution in [-0.4, -0.2) is 24.6 Å². The molecule has 1 aromatic carbocycles. The summed E-state index contributed by atoms with van der Waals surface area (Å²) < 4.78 is 42.9. The maximum atomic E-state index is 12.6. The second-order valence-electron chi connectivity index (χ2n) is 5.45. The number of halogens is 3. The van der Waals surface area contributed by atoms with Crippen LogP contribution in [0.2, 0.25) is 0 Å². The molecule has 5 nitrogen and oxygen atoms in total. The van der Waals surface area contributed by atoms with Gasteiger partial charge in [0.05, 0.1) is 19.2 Å². The van der Waals surface area contributed by atoms with Gasteiger partial charge in [0.25, 0.3) is 0 Å². The fourth-order valence-corrected chi connectivity index (χ4v) is 2.17. The second-order valence-corrected chi connectivity index (χ2v) is 5.45. The molecule has 0 spiro atoms. The Hall–Kier alpha value is -2.77. The molecule has 0 radical (unpaired) electrons. The number of rotatable bonds is 6. The van der Waals surface area contributed by atoms with E-state index < -0.39 is 11.7 Å². The molecule has 0 bridgehead atoms. The lowest BCUT2D eigenvalue weighted by atomic mass is 10.1. The molecule has 2 rings (SSSR count). The van der Waals surface area contributed by atoms with Crippen LogP contribution >= 0.6 is 0 Å².